The smallest absolute Gasteiger partial charge is 0.253 e. The summed E-state index contributed by atoms with van der Waals surface area (Å²) in [6.45, 7) is 1.12. The number of carbonyl (C=O) groups is 1. The summed E-state index contributed by atoms with van der Waals surface area (Å²) in [7, 11) is -3.63. The predicted molar refractivity (Wildman–Crippen MR) is 105 cm³/mol. The zero-order chi connectivity index (χ0) is 20.1. The second kappa shape index (κ2) is 8.63. The highest BCUT2D eigenvalue weighted by atomic mass is 35.5. The molecule has 0 unspecified atom stereocenters. The zero-order valence-electron chi connectivity index (χ0n) is 15.0. The maximum atomic E-state index is 12.7. The number of nitrogens with zero attached hydrogens (tertiary/aromatic N) is 2. The van der Waals surface area contributed by atoms with Gasteiger partial charge in [0.25, 0.3) is 5.91 Å². The van der Waals surface area contributed by atoms with Crippen molar-refractivity contribution in [1.29, 1.82) is 5.26 Å². The van der Waals surface area contributed by atoms with Gasteiger partial charge in [-0.1, -0.05) is 11.6 Å². The first kappa shape index (κ1) is 20.2. The molecule has 1 heterocycles. The van der Waals surface area contributed by atoms with Crippen LogP contribution in [0.1, 0.15) is 23.2 Å². The molecule has 6 nitrogen and oxygen atoms in total. The lowest BCUT2D eigenvalue weighted by molar-refractivity contribution is 0.0595. The quantitative estimate of drug-likeness (QED) is 0.743. The van der Waals surface area contributed by atoms with E-state index >= 15 is 0 Å². The maximum Gasteiger partial charge on any atom is 0.253 e. The largest absolute Gasteiger partial charge is 0.490 e. The van der Waals surface area contributed by atoms with Crippen molar-refractivity contribution in [2.75, 3.05) is 18.8 Å². The molecule has 0 spiro atoms. The van der Waals surface area contributed by atoms with Gasteiger partial charge in [-0.15, -0.1) is 0 Å². The third-order valence-corrected chi connectivity index (χ3v) is 6.31. The van der Waals surface area contributed by atoms with E-state index in [0.717, 1.165) is 5.75 Å². The monoisotopic (exact) mass is 418 g/mol. The number of rotatable bonds is 5. The van der Waals surface area contributed by atoms with Crippen molar-refractivity contribution in [2.45, 2.75) is 23.8 Å². The first-order valence-corrected chi connectivity index (χ1v) is 10.8. The summed E-state index contributed by atoms with van der Waals surface area (Å²) in [5.74, 6) is 0.0269. The van der Waals surface area contributed by atoms with Crippen LogP contribution in [-0.4, -0.2) is 44.2 Å². The fourth-order valence-corrected chi connectivity index (χ4v) is 4.05. The van der Waals surface area contributed by atoms with Crippen LogP contribution < -0.4 is 4.74 Å². The van der Waals surface area contributed by atoms with Gasteiger partial charge in [0.2, 0.25) is 0 Å². The molecule has 1 fully saturated rings. The molecule has 0 saturated carbocycles. The van der Waals surface area contributed by atoms with Crippen LogP contribution in [0.25, 0.3) is 0 Å². The molecule has 0 radical (unpaired) electrons. The summed E-state index contributed by atoms with van der Waals surface area (Å²) < 4.78 is 29.7. The Bertz CT molecular complexity index is 974. The third kappa shape index (κ3) is 4.83. The maximum absolute atomic E-state index is 12.7. The summed E-state index contributed by atoms with van der Waals surface area (Å²) in [4.78, 5) is 14.4. The van der Waals surface area contributed by atoms with E-state index in [0.29, 0.717) is 36.5 Å². The molecule has 1 amide bonds. The first-order chi connectivity index (χ1) is 13.4. The summed E-state index contributed by atoms with van der Waals surface area (Å²) in [5, 5.41) is 9.25. The minimum Gasteiger partial charge on any atom is -0.490 e. The van der Waals surface area contributed by atoms with Gasteiger partial charge >= 0.3 is 0 Å². The van der Waals surface area contributed by atoms with E-state index in [9.17, 15) is 13.2 Å². The van der Waals surface area contributed by atoms with Crippen LogP contribution >= 0.6 is 11.6 Å². The summed E-state index contributed by atoms with van der Waals surface area (Å²) >= 11 is 5.87. The highest BCUT2D eigenvalue weighted by Gasteiger charge is 2.25. The lowest BCUT2D eigenvalue weighted by Gasteiger charge is -2.32. The third-order valence-electron chi connectivity index (χ3n) is 4.56. The lowest BCUT2D eigenvalue weighted by Crippen LogP contribution is -2.41. The molecule has 0 atom stereocenters. The summed E-state index contributed by atoms with van der Waals surface area (Å²) in [6, 6.07) is 14.5. The molecule has 0 aliphatic carbocycles. The fourth-order valence-electron chi connectivity index (χ4n) is 3.04. The number of amides is 1. The Hall–Kier alpha value is -2.56. The van der Waals surface area contributed by atoms with E-state index < -0.39 is 15.6 Å². The molecule has 0 bridgehead atoms. The Morgan fingerprint density at radius 2 is 1.71 bits per heavy atom. The predicted octanol–water partition coefficient (Wildman–Crippen LogP) is 3.32. The average molecular weight is 419 g/mol. The van der Waals surface area contributed by atoms with E-state index in [4.69, 9.17) is 21.6 Å². The van der Waals surface area contributed by atoms with Gasteiger partial charge in [-0.05, 0) is 48.5 Å². The lowest BCUT2D eigenvalue weighted by atomic mass is 10.1. The number of likely N-dealkylation sites (tertiary alicyclic amines) is 1. The van der Waals surface area contributed by atoms with Crippen LogP contribution in [0, 0.1) is 11.3 Å². The summed E-state index contributed by atoms with van der Waals surface area (Å²) in [6.07, 6.45) is 1.45. The number of nitriles is 1. The Labute approximate surface area is 169 Å². The Morgan fingerprint density at radius 1 is 1.11 bits per heavy atom. The van der Waals surface area contributed by atoms with Crippen molar-refractivity contribution in [1.82, 2.24) is 4.90 Å². The number of piperidine rings is 1. The molecular weight excluding hydrogens is 400 g/mol. The first-order valence-electron chi connectivity index (χ1n) is 8.80. The second-order valence-corrected chi connectivity index (χ2v) is 8.93. The minimum atomic E-state index is -3.63. The average Bonchev–Trinajstić information content (AvgIpc) is 2.70. The number of hydrogen-bond donors (Lipinski definition) is 0. The van der Waals surface area contributed by atoms with Gasteiger partial charge in [0.1, 0.15) is 17.6 Å². The molecular formula is C20H19ClN2O4S. The van der Waals surface area contributed by atoms with Gasteiger partial charge < -0.3 is 9.64 Å². The van der Waals surface area contributed by atoms with Gasteiger partial charge in [0.05, 0.1) is 11.0 Å². The Kier molecular flexibility index (Phi) is 6.22. The molecule has 0 N–H and O–H groups in total. The van der Waals surface area contributed by atoms with Crippen molar-refractivity contribution < 1.29 is 17.9 Å². The Morgan fingerprint density at radius 3 is 2.29 bits per heavy atom. The molecule has 28 heavy (non-hydrogen) atoms. The van der Waals surface area contributed by atoms with Gasteiger partial charge in [-0.25, -0.2) is 8.42 Å². The van der Waals surface area contributed by atoms with E-state index in [1.807, 2.05) is 12.1 Å². The summed E-state index contributed by atoms with van der Waals surface area (Å²) in [5.41, 5.74) is 0.424. The topological polar surface area (TPSA) is 87.5 Å². The zero-order valence-corrected chi connectivity index (χ0v) is 16.6. The highest BCUT2D eigenvalue weighted by molar-refractivity contribution is 7.91. The van der Waals surface area contributed by atoms with Crippen LogP contribution in [0.3, 0.4) is 0 Å². The molecule has 2 aromatic rings. The molecule has 8 heteroatoms. The van der Waals surface area contributed by atoms with Crippen LogP contribution in [0.15, 0.2) is 53.4 Å². The van der Waals surface area contributed by atoms with Crippen LogP contribution in [0.2, 0.25) is 5.02 Å². The van der Waals surface area contributed by atoms with Crippen molar-refractivity contribution in [3.05, 3.63) is 59.1 Å². The normalized spacial score (nSPS) is 15.1. The van der Waals surface area contributed by atoms with Crippen LogP contribution in [-0.2, 0) is 9.84 Å². The molecule has 3 rings (SSSR count). The molecule has 1 saturated heterocycles. The Balaban J connectivity index is 1.57. The van der Waals surface area contributed by atoms with Gasteiger partial charge in [-0.2, -0.15) is 5.26 Å². The van der Waals surface area contributed by atoms with Crippen LogP contribution in [0.4, 0.5) is 0 Å². The fraction of sp³-hybridized carbons (Fsp3) is 0.300. The molecule has 1 aliphatic rings. The number of sulfone groups is 1. The number of carbonyl (C=O) groups excluding carboxylic acids is 1. The van der Waals surface area contributed by atoms with E-state index in [1.54, 1.807) is 23.1 Å². The van der Waals surface area contributed by atoms with Gasteiger partial charge in [0, 0.05) is 36.5 Å². The second-order valence-electron chi connectivity index (χ2n) is 6.50. The molecule has 1 aliphatic heterocycles. The number of ether oxygens (including phenoxy) is 1. The van der Waals surface area contributed by atoms with E-state index in [1.165, 1.54) is 24.3 Å². The molecule has 0 aromatic heterocycles. The number of halogens is 1. The standard InChI is InChI=1S/C20H19ClN2O4S/c21-16-3-5-17(6-4-16)27-18-9-12-23(13-10-18)20(24)15-1-7-19(8-2-15)28(25,26)14-11-22/h1-8,18H,9-10,12-14H2. The van der Waals surface area contributed by atoms with Crippen molar-refractivity contribution in [3.63, 3.8) is 0 Å². The van der Waals surface area contributed by atoms with Crippen molar-refractivity contribution in [2.24, 2.45) is 0 Å². The highest BCUT2D eigenvalue weighted by Crippen LogP contribution is 2.22. The van der Waals surface area contributed by atoms with Crippen molar-refractivity contribution >= 4 is 27.3 Å². The number of benzene rings is 2. The van der Waals surface area contributed by atoms with Crippen molar-refractivity contribution in [3.8, 4) is 11.8 Å². The minimum absolute atomic E-state index is 0.0312. The molecule has 2 aromatic carbocycles. The van der Waals surface area contributed by atoms with Gasteiger partial charge in [-0.3, -0.25) is 4.79 Å². The number of hydrogen-bond acceptors (Lipinski definition) is 5. The van der Waals surface area contributed by atoms with E-state index in [-0.39, 0.29) is 16.9 Å². The van der Waals surface area contributed by atoms with E-state index in [2.05, 4.69) is 0 Å². The SMILES string of the molecule is N#CCS(=O)(=O)c1ccc(C(=O)N2CCC(Oc3ccc(Cl)cc3)CC2)cc1. The molecule has 146 valence electrons. The van der Waals surface area contributed by atoms with Gasteiger partial charge in [0.15, 0.2) is 9.84 Å². The van der Waals surface area contributed by atoms with Crippen LogP contribution in [0.5, 0.6) is 5.75 Å².